The summed E-state index contributed by atoms with van der Waals surface area (Å²) in [5.74, 6) is 1.05. The summed E-state index contributed by atoms with van der Waals surface area (Å²) in [7, 11) is 4.67. The molecule has 0 saturated heterocycles. The Morgan fingerprint density at radius 1 is 0.938 bits per heavy atom. The zero-order valence-corrected chi connectivity index (χ0v) is 10.2. The first kappa shape index (κ1) is 12.5. The maximum absolute atomic E-state index is 5.22. The van der Waals surface area contributed by atoms with E-state index in [1.165, 1.54) is 7.11 Å². The molecule has 0 unspecified atom stereocenters. The van der Waals surface area contributed by atoms with E-state index in [2.05, 4.69) is 16.9 Å². The predicted molar refractivity (Wildman–Crippen MR) is 60.3 cm³/mol. The van der Waals surface area contributed by atoms with E-state index in [4.69, 9.17) is 14.2 Å². The van der Waals surface area contributed by atoms with Gasteiger partial charge < -0.3 is 14.2 Å². The number of hydrogen-bond donors (Lipinski definition) is 0. The zero-order valence-electron chi connectivity index (χ0n) is 10.2. The molecule has 0 saturated carbocycles. The summed E-state index contributed by atoms with van der Waals surface area (Å²) in [6.45, 7) is 2.13. The lowest BCUT2D eigenvalue weighted by Gasteiger charge is -2.11. The zero-order chi connectivity index (χ0) is 12.0. The highest BCUT2D eigenvalue weighted by Crippen LogP contribution is 2.28. The molecular weight excluding hydrogens is 208 g/mol. The number of rotatable bonds is 6. The average molecular weight is 226 g/mol. The molecule has 0 aliphatic heterocycles. The molecule has 0 aliphatic carbocycles. The maximum atomic E-state index is 5.22. The molecule has 1 heterocycles. The molecule has 0 amide bonds. The van der Waals surface area contributed by atoms with Crippen LogP contribution in [0.1, 0.15) is 25.3 Å². The van der Waals surface area contributed by atoms with Gasteiger partial charge in [0.15, 0.2) is 0 Å². The first-order valence-corrected chi connectivity index (χ1v) is 5.29. The minimum absolute atomic E-state index is 0.258. The van der Waals surface area contributed by atoms with Gasteiger partial charge >= 0.3 is 6.01 Å². The van der Waals surface area contributed by atoms with Gasteiger partial charge in [-0.2, -0.15) is 9.97 Å². The summed E-state index contributed by atoms with van der Waals surface area (Å²) in [4.78, 5) is 8.27. The Balaban J connectivity index is 3.09. The van der Waals surface area contributed by atoms with Crippen molar-refractivity contribution in [2.45, 2.75) is 26.2 Å². The van der Waals surface area contributed by atoms with Crippen LogP contribution in [0.3, 0.4) is 0 Å². The number of nitrogens with zero attached hydrogens (tertiary/aromatic N) is 2. The van der Waals surface area contributed by atoms with Crippen LogP contribution >= 0.6 is 0 Å². The molecule has 0 spiro atoms. The minimum Gasteiger partial charge on any atom is -0.481 e. The van der Waals surface area contributed by atoms with Crippen molar-refractivity contribution in [3.05, 3.63) is 5.56 Å². The fourth-order valence-corrected chi connectivity index (χ4v) is 1.42. The van der Waals surface area contributed by atoms with Crippen LogP contribution in [0.5, 0.6) is 17.8 Å². The molecule has 16 heavy (non-hydrogen) atoms. The first-order chi connectivity index (χ1) is 7.76. The van der Waals surface area contributed by atoms with Crippen molar-refractivity contribution in [1.82, 2.24) is 9.97 Å². The highest BCUT2D eigenvalue weighted by atomic mass is 16.5. The summed E-state index contributed by atoms with van der Waals surface area (Å²) in [6.07, 6.45) is 2.98. The Bertz CT molecular complexity index is 317. The fourth-order valence-electron chi connectivity index (χ4n) is 1.42. The number of unbranched alkanes of at least 4 members (excludes halogenated alkanes) is 1. The van der Waals surface area contributed by atoms with Crippen LogP contribution in [0.2, 0.25) is 0 Å². The van der Waals surface area contributed by atoms with E-state index < -0.39 is 0 Å². The van der Waals surface area contributed by atoms with Crippen molar-refractivity contribution < 1.29 is 14.2 Å². The molecule has 1 rings (SSSR count). The summed E-state index contributed by atoms with van der Waals surface area (Å²) in [5, 5.41) is 0. The van der Waals surface area contributed by atoms with E-state index >= 15 is 0 Å². The highest BCUT2D eigenvalue weighted by Gasteiger charge is 2.15. The van der Waals surface area contributed by atoms with Gasteiger partial charge in [-0.1, -0.05) is 13.3 Å². The summed E-state index contributed by atoms with van der Waals surface area (Å²) in [6, 6.07) is 0.258. The minimum atomic E-state index is 0.258. The van der Waals surface area contributed by atoms with Gasteiger partial charge in [-0.05, 0) is 12.8 Å². The lowest BCUT2D eigenvalue weighted by Crippen LogP contribution is -2.04. The molecule has 0 aliphatic rings. The molecule has 1 aromatic heterocycles. The predicted octanol–water partition coefficient (Wildman–Crippen LogP) is 1.84. The van der Waals surface area contributed by atoms with Crippen molar-refractivity contribution in [2.75, 3.05) is 21.3 Å². The number of hydrogen-bond acceptors (Lipinski definition) is 5. The Hall–Kier alpha value is -1.52. The lowest BCUT2D eigenvalue weighted by molar-refractivity contribution is 0.323. The van der Waals surface area contributed by atoms with Crippen molar-refractivity contribution in [2.24, 2.45) is 0 Å². The van der Waals surface area contributed by atoms with Gasteiger partial charge in [0.05, 0.1) is 26.9 Å². The van der Waals surface area contributed by atoms with E-state index in [0.717, 1.165) is 24.8 Å². The highest BCUT2D eigenvalue weighted by molar-refractivity contribution is 5.36. The third kappa shape index (κ3) is 2.74. The second-order valence-corrected chi connectivity index (χ2v) is 3.31. The topological polar surface area (TPSA) is 53.5 Å². The van der Waals surface area contributed by atoms with Crippen molar-refractivity contribution in [3.63, 3.8) is 0 Å². The Morgan fingerprint density at radius 2 is 1.50 bits per heavy atom. The van der Waals surface area contributed by atoms with Crippen LogP contribution in [-0.2, 0) is 6.42 Å². The van der Waals surface area contributed by atoms with E-state index in [0.29, 0.717) is 11.8 Å². The van der Waals surface area contributed by atoms with E-state index in [9.17, 15) is 0 Å². The monoisotopic (exact) mass is 226 g/mol. The number of ether oxygens (including phenoxy) is 3. The van der Waals surface area contributed by atoms with Gasteiger partial charge in [0, 0.05) is 0 Å². The number of aromatic nitrogens is 2. The van der Waals surface area contributed by atoms with Crippen LogP contribution in [0, 0.1) is 0 Å². The molecule has 90 valence electrons. The van der Waals surface area contributed by atoms with E-state index in [1.54, 1.807) is 14.2 Å². The van der Waals surface area contributed by atoms with Crippen LogP contribution < -0.4 is 14.2 Å². The van der Waals surface area contributed by atoms with Gasteiger partial charge in [0.25, 0.3) is 0 Å². The van der Waals surface area contributed by atoms with Crippen LogP contribution in [0.25, 0.3) is 0 Å². The summed E-state index contributed by atoms with van der Waals surface area (Å²) in [5.41, 5.74) is 0.896. The van der Waals surface area contributed by atoms with Crippen LogP contribution in [0.15, 0.2) is 0 Å². The Morgan fingerprint density at radius 3 is 1.88 bits per heavy atom. The number of methoxy groups -OCH3 is 3. The van der Waals surface area contributed by atoms with Crippen LogP contribution in [-0.4, -0.2) is 31.3 Å². The largest absolute Gasteiger partial charge is 0.481 e. The summed E-state index contributed by atoms with van der Waals surface area (Å²) >= 11 is 0. The second kappa shape index (κ2) is 6.15. The molecule has 5 nitrogen and oxygen atoms in total. The molecule has 0 fully saturated rings. The molecule has 0 aromatic carbocycles. The molecule has 5 heteroatoms. The van der Waals surface area contributed by atoms with Crippen molar-refractivity contribution in [3.8, 4) is 17.8 Å². The fraction of sp³-hybridized carbons (Fsp3) is 0.636. The van der Waals surface area contributed by atoms with Gasteiger partial charge in [-0.25, -0.2) is 0 Å². The quantitative estimate of drug-likeness (QED) is 0.740. The Labute approximate surface area is 95.8 Å². The standard InChI is InChI=1S/C11H18N2O3/c1-5-6-7-8-9(14-2)12-11(16-4)13-10(8)15-3/h5-7H2,1-4H3. The molecule has 0 atom stereocenters. The van der Waals surface area contributed by atoms with Crippen molar-refractivity contribution >= 4 is 0 Å². The van der Waals surface area contributed by atoms with Crippen molar-refractivity contribution in [1.29, 1.82) is 0 Å². The third-order valence-corrected chi connectivity index (χ3v) is 2.26. The average Bonchev–Trinajstić information content (AvgIpc) is 2.35. The van der Waals surface area contributed by atoms with Gasteiger partial charge in [-0.3, -0.25) is 0 Å². The smallest absolute Gasteiger partial charge is 0.322 e. The first-order valence-electron chi connectivity index (χ1n) is 5.29. The normalized spacial score (nSPS) is 10.0. The lowest BCUT2D eigenvalue weighted by atomic mass is 10.1. The second-order valence-electron chi connectivity index (χ2n) is 3.31. The van der Waals surface area contributed by atoms with Gasteiger partial charge in [0.2, 0.25) is 11.8 Å². The van der Waals surface area contributed by atoms with Gasteiger partial charge in [0.1, 0.15) is 0 Å². The summed E-state index contributed by atoms with van der Waals surface area (Å²) < 4.78 is 15.4. The Kier molecular flexibility index (Phi) is 4.82. The third-order valence-electron chi connectivity index (χ3n) is 2.26. The van der Waals surface area contributed by atoms with Gasteiger partial charge in [-0.15, -0.1) is 0 Å². The molecule has 1 aromatic rings. The molecule has 0 N–H and O–H groups in total. The van der Waals surface area contributed by atoms with Crippen LogP contribution in [0.4, 0.5) is 0 Å². The van der Waals surface area contributed by atoms with E-state index in [1.807, 2.05) is 0 Å². The molecule has 0 bridgehead atoms. The maximum Gasteiger partial charge on any atom is 0.322 e. The molecule has 0 radical (unpaired) electrons. The van der Waals surface area contributed by atoms with E-state index in [-0.39, 0.29) is 6.01 Å². The molecular formula is C11H18N2O3. The SMILES string of the molecule is CCCCc1c(OC)nc(OC)nc1OC.